The van der Waals surface area contributed by atoms with Crippen LogP contribution in [-0.4, -0.2) is 56.2 Å². The maximum Gasteiger partial charge on any atom is 0.273 e. The van der Waals surface area contributed by atoms with Gasteiger partial charge < -0.3 is 14.3 Å². The van der Waals surface area contributed by atoms with Gasteiger partial charge >= 0.3 is 0 Å². The van der Waals surface area contributed by atoms with Crippen LogP contribution in [0.5, 0.6) is 0 Å². The van der Waals surface area contributed by atoms with Crippen molar-refractivity contribution in [3.05, 3.63) is 64.3 Å². The summed E-state index contributed by atoms with van der Waals surface area (Å²) in [6.07, 6.45) is 0. The van der Waals surface area contributed by atoms with Crippen LogP contribution in [0.15, 0.2) is 34.9 Å². The number of amides is 2. The molecule has 3 aromatic rings. The van der Waals surface area contributed by atoms with Gasteiger partial charge in [-0.15, -0.1) is 0 Å². The second-order valence-corrected chi connectivity index (χ2v) is 8.50. The van der Waals surface area contributed by atoms with Crippen molar-refractivity contribution in [3.8, 4) is 5.69 Å². The molecule has 5 rings (SSSR count). The van der Waals surface area contributed by atoms with E-state index in [9.17, 15) is 9.59 Å². The largest absolute Gasteiger partial charge is 0.361 e. The first-order chi connectivity index (χ1) is 14.9. The molecule has 4 heterocycles. The molecule has 0 N–H and O–H groups in total. The Labute approximate surface area is 180 Å². The van der Waals surface area contributed by atoms with E-state index in [1.54, 1.807) is 23.4 Å². The summed E-state index contributed by atoms with van der Waals surface area (Å²) in [5.74, 6) is 0.749. The first-order valence-corrected chi connectivity index (χ1v) is 10.5. The van der Waals surface area contributed by atoms with Crippen LogP contribution in [0.25, 0.3) is 5.69 Å². The van der Waals surface area contributed by atoms with E-state index in [2.05, 4.69) is 17.2 Å². The first-order valence-electron chi connectivity index (χ1n) is 10.5. The third kappa shape index (κ3) is 2.97. The molecule has 0 spiro atoms. The van der Waals surface area contributed by atoms with Gasteiger partial charge in [0.1, 0.15) is 17.0 Å². The molecule has 31 heavy (non-hydrogen) atoms. The average Bonchev–Trinajstić information content (AvgIpc) is 3.32. The minimum atomic E-state index is -0.0489. The number of aryl methyl sites for hydroxylation is 3. The zero-order chi connectivity index (χ0) is 21.9. The van der Waals surface area contributed by atoms with Gasteiger partial charge in [0, 0.05) is 31.1 Å². The SMILES string of the molecule is Cc1noc(C)c1C(=O)N1CC(CN2C(=O)c3c(c(C)nn3-c3ccccc3)C2C)C1. The summed E-state index contributed by atoms with van der Waals surface area (Å²) >= 11 is 0. The zero-order valence-electron chi connectivity index (χ0n) is 18.1. The third-order valence-electron chi connectivity index (χ3n) is 6.40. The second-order valence-electron chi connectivity index (χ2n) is 8.50. The van der Waals surface area contributed by atoms with E-state index in [0.717, 1.165) is 16.9 Å². The molecule has 1 fully saturated rings. The maximum atomic E-state index is 13.3. The molecule has 0 radical (unpaired) electrons. The molecule has 2 aromatic heterocycles. The number of hydrogen-bond acceptors (Lipinski definition) is 5. The molecule has 2 aliphatic rings. The summed E-state index contributed by atoms with van der Waals surface area (Å²) in [4.78, 5) is 29.8. The number of carbonyl (C=O) groups excluding carboxylic acids is 2. The van der Waals surface area contributed by atoms with Gasteiger partial charge in [0.2, 0.25) is 0 Å². The number of hydrogen-bond donors (Lipinski definition) is 0. The molecule has 2 amide bonds. The van der Waals surface area contributed by atoms with Gasteiger partial charge in [-0.3, -0.25) is 9.59 Å². The molecule has 0 bridgehead atoms. The zero-order valence-corrected chi connectivity index (χ0v) is 18.1. The van der Waals surface area contributed by atoms with Gasteiger partial charge in [0.05, 0.1) is 23.1 Å². The fourth-order valence-corrected chi connectivity index (χ4v) is 4.79. The molecular weight excluding hydrogens is 394 g/mol. The molecule has 160 valence electrons. The summed E-state index contributed by atoms with van der Waals surface area (Å²) in [5.41, 5.74) is 4.58. The van der Waals surface area contributed by atoms with Gasteiger partial charge in [-0.25, -0.2) is 4.68 Å². The smallest absolute Gasteiger partial charge is 0.273 e. The number of fused-ring (bicyclic) bond motifs is 1. The molecule has 1 unspecified atom stereocenters. The lowest BCUT2D eigenvalue weighted by Crippen LogP contribution is -2.54. The summed E-state index contributed by atoms with van der Waals surface area (Å²) in [7, 11) is 0. The molecule has 1 saturated heterocycles. The molecule has 8 heteroatoms. The van der Waals surface area contributed by atoms with Gasteiger partial charge in [0.15, 0.2) is 0 Å². The van der Waals surface area contributed by atoms with Crippen molar-refractivity contribution < 1.29 is 14.1 Å². The summed E-state index contributed by atoms with van der Waals surface area (Å²) < 4.78 is 6.89. The van der Waals surface area contributed by atoms with E-state index in [0.29, 0.717) is 42.3 Å². The number of likely N-dealkylation sites (tertiary alicyclic amines) is 1. The highest BCUT2D eigenvalue weighted by Crippen LogP contribution is 2.38. The summed E-state index contributed by atoms with van der Waals surface area (Å²) in [6.45, 7) is 9.41. The Morgan fingerprint density at radius 3 is 2.48 bits per heavy atom. The van der Waals surface area contributed by atoms with Crippen molar-refractivity contribution >= 4 is 11.8 Å². The Bertz CT molecular complexity index is 1150. The van der Waals surface area contributed by atoms with Crippen molar-refractivity contribution in [3.63, 3.8) is 0 Å². The Kier molecular flexibility index (Phi) is 4.46. The van der Waals surface area contributed by atoms with Crippen molar-refractivity contribution in [1.29, 1.82) is 0 Å². The van der Waals surface area contributed by atoms with Crippen LogP contribution in [0.1, 0.15) is 56.5 Å². The quantitative estimate of drug-likeness (QED) is 0.649. The van der Waals surface area contributed by atoms with E-state index >= 15 is 0 Å². The molecule has 0 aliphatic carbocycles. The van der Waals surface area contributed by atoms with E-state index in [1.165, 1.54) is 0 Å². The predicted octanol–water partition coefficient (Wildman–Crippen LogP) is 3.07. The lowest BCUT2D eigenvalue weighted by atomic mass is 9.97. The van der Waals surface area contributed by atoms with Crippen LogP contribution in [0.2, 0.25) is 0 Å². The minimum Gasteiger partial charge on any atom is -0.361 e. The standard InChI is InChI=1S/C23H25N5O3/c1-13-19-15(3)27(23(30)21(19)28(24-13)18-8-6-5-7-9-18)12-17-10-26(11-17)22(29)20-14(2)25-31-16(20)4/h5-9,15,17H,10-12H2,1-4H3. The van der Waals surface area contributed by atoms with E-state index in [1.807, 2.05) is 42.2 Å². The van der Waals surface area contributed by atoms with Crippen molar-refractivity contribution in [1.82, 2.24) is 24.7 Å². The Morgan fingerprint density at radius 2 is 1.84 bits per heavy atom. The molecule has 8 nitrogen and oxygen atoms in total. The molecular formula is C23H25N5O3. The number of carbonyl (C=O) groups is 2. The summed E-state index contributed by atoms with van der Waals surface area (Å²) in [5, 5.41) is 8.51. The molecule has 1 aromatic carbocycles. The number of rotatable bonds is 4. The second kappa shape index (κ2) is 7.08. The van der Waals surface area contributed by atoms with Gasteiger partial charge in [0.25, 0.3) is 11.8 Å². The topological polar surface area (TPSA) is 84.5 Å². The molecule has 1 atom stereocenters. The third-order valence-corrected chi connectivity index (χ3v) is 6.40. The van der Waals surface area contributed by atoms with E-state index in [4.69, 9.17) is 4.52 Å². The van der Waals surface area contributed by atoms with Crippen molar-refractivity contribution in [2.45, 2.75) is 33.7 Å². The van der Waals surface area contributed by atoms with Crippen molar-refractivity contribution in [2.24, 2.45) is 5.92 Å². The highest BCUT2D eigenvalue weighted by Gasteiger charge is 2.43. The highest BCUT2D eigenvalue weighted by molar-refractivity contribution is 5.99. The Hall–Kier alpha value is -3.42. The van der Waals surface area contributed by atoms with Gasteiger partial charge in [-0.1, -0.05) is 23.4 Å². The lowest BCUT2D eigenvalue weighted by molar-refractivity contribution is 0.0360. The number of benzene rings is 1. The predicted molar refractivity (Wildman–Crippen MR) is 113 cm³/mol. The van der Waals surface area contributed by atoms with Crippen LogP contribution in [0.3, 0.4) is 0 Å². The fourth-order valence-electron chi connectivity index (χ4n) is 4.79. The minimum absolute atomic E-state index is 0.00227. The van der Waals surface area contributed by atoms with Crippen LogP contribution in [0.4, 0.5) is 0 Å². The lowest BCUT2D eigenvalue weighted by Gasteiger charge is -2.41. The maximum absolute atomic E-state index is 13.3. The summed E-state index contributed by atoms with van der Waals surface area (Å²) in [6, 6.07) is 9.71. The number of aromatic nitrogens is 3. The van der Waals surface area contributed by atoms with Crippen molar-refractivity contribution in [2.75, 3.05) is 19.6 Å². The fraction of sp³-hybridized carbons (Fsp3) is 0.391. The molecule has 0 saturated carbocycles. The monoisotopic (exact) mass is 419 g/mol. The van der Waals surface area contributed by atoms with E-state index in [-0.39, 0.29) is 23.8 Å². The number of nitrogens with zero attached hydrogens (tertiary/aromatic N) is 5. The normalized spacial score (nSPS) is 18.5. The van der Waals surface area contributed by atoms with Gasteiger partial charge in [-0.05, 0) is 39.8 Å². The Morgan fingerprint density at radius 1 is 1.13 bits per heavy atom. The van der Waals surface area contributed by atoms with Crippen LogP contribution >= 0.6 is 0 Å². The van der Waals surface area contributed by atoms with E-state index < -0.39 is 0 Å². The number of para-hydroxylation sites is 1. The van der Waals surface area contributed by atoms with Gasteiger partial charge in [-0.2, -0.15) is 5.10 Å². The highest BCUT2D eigenvalue weighted by atomic mass is 16.5. The van der Waals surface area contributed by atoms with Crippen LogP contribution in [-0.2, 0) is 0 Å². The molecule has 2 aliphatic heterocycles. The Balaban J connectivity index is 1.31. The van der Waals surface area contributed by atoms with Crippen LogP contribution in [0, 0.1) is 26.7 Å². The first kappa shape index (κ1) is 19.5. The average molecular weight is 419 g/mol. The van der Waals surface area contributed by atoms with Crippen LogP contribution < -0.4 is 0 Å².